The summed E-state index contributed by atoms with van der Waals surface area (Å²) >= 11 is 5.95. The van der Waals surface area contributed by atoms with E-state index >= 15 is 0 Å². The van der Waals surface area contributed by atoms with Gasteiger partial charge in [0.2, 0.25) is 11.8 Å². The van der Waals surface area contributed by atoms with Crippen LogP contribution in [0.3, 0.4) is 0 Å². The van der Waals surface area contributed by atoms with E-state index in [1.807, 2.05) is 26.8 Å². The Labute approximate surface area is 254 Å². The maximum atomic E-state index is 12.9. The number of esters is 1. The third-order valence-corrected chi connectivity index (χ3v) is 7.89. The number of ketones is 1. The van der Waals surface area contributed by atoms with E-state index in [9.17, 15) is 24.3 Å². The summed E-state index contributed by atoms with van der Waals surface area (Å²) in [6.45, 7) is 11.4. The van der Waals surface area contributed by atoms with Gasteiger partial charge in [-0.2, -0.15) is 0 Å². The molecule has 236 valence electrons. The highest BCUT2D eigenvalue weighted by atomic mass is 35.5. The predicted octanol–water partition coefficient (Wildman–Crippen LogP) is 3.30. The van der Waals surface area contributed by atoms with Crippen molar-refractivity contribution in [1.82, 2.24) is 10.6 Å². The molecule has 10 nitrogen and oxygen atoms in total. The van der Waals surface area contributed by atoms with Crippen LogP contribution >= 0.6 is 11.6 Å². The van der Waals surface area contributed by atoms with Crippen LogP contribution in [0.1, 0.15) is 73.6 Å². The van der Waals surface area contributed by atoms with Crippen LogP contribution in [0.4, 0.5) is 0 Å². The summed E-state index contributed by atoms with van der Waals surface area (Å²) in [5.74, 6) is -1.51. The monoisotopic (exact) mass is 610 g/mol. The van der Waals surface area contributed by atoms with Crippen molar-refractivity contribution in [3.63, 3.8) is 0 Å². The molecule has 0 unspecified atom stereocenters. The zero-order valence-corrected chi connectivity index (χ0v) is 26.3. The number of halogens is 1. The van der Waals surface area contributed by atoms with Gasteiger partial charge in [0.25, 0.3) is 0 Å². The van der Waals surface area contributed by atoms with Crippen molar-refractivity contribution in [3.05, 3.63) is 36.0 Å². The first-order valence-electron chi connectivity index (χ1n) is 14.7. The van der Waals surface area contributed by atoms with Gasteiger partial charge in [0.1, 0.15) is 17.8 Å². The van der Waals surface area contributed by atoms with Gasteiger partial charge in [0.05, 0.1) is 36.7 Å². The molecule has 0 spiro atoms. The standard InChI is InChI=1S/C31H47ClN2O8/c1-7-14-33-29(37)16-24-17-31(39,18-32)30(38)27(42-24)12-9-19(2)8-11-26-20(3)15-25(22(5)41-26)34-28(36)13-10-21(4)40-23(6)35/h8-10,12-13,20-22,24-27,39H,7,11,14-18H2,1-6H3,(H,33,37)(H,34,36)/b12-9+,13-10-,19-8+/t20-,21-,22+,24+,25+,26-,27+,31+/m0/s1. The largest absolute Gasteiger partial charge is 0.459 e. The topological polar surface area (TPSA) is 140 Å². The molecule has 0 aromatic heterocycles. The number of carbonyl (C=O) groups is 4. The Kier molecular flexibility index (Phi) is 14.4. The van der Waals surface area contributed by atoms with Crippen molar-refractivity contribution in [1.29, 1.82) is 0 Å². The van der Waals surface area contributed by atoms with Gasteiger partial charge in [-0.25, -0.2) is 0 Å². The maximum Gasteiger partial charge on any atom is 0.303 e. The SMILES string of the molecule is CCCNC(=O)C[C@@H]1C[C@@](O)(CCl)C(=O)[C@@H](/C=C/C(C)=C/C[C@@H]2O[C@H](C)[C@H](NC(=O)/C=C\[C@H](C)OC(C)=O)C[C@@H]2C)O1. The Balaban J connectivity index is 1.94. The molecule has 2 fully saturated rings. The minimum absolute atomic E-state index is 0.0335. The zero-order valence-electron chi connectivity index (χ0n) is 25.6. The first kappa shape index (κ1) is 35.7. The molecule has 2 heterocycles. The molecule has 2 aliphatic heterocycles. The van der Waals surface area contributed by atoms with Gasteiger partial charge >= 0.3 is 5.97 Å². The van der Waals surface area contributed by atoms with E-state index in [2.05, 4.69) is 17.6 Å². The minimum Gasteiger partial charge on any atom is -0.459 e. The van der Waals surface area contributed by atoms with Crippen LogP contribution in [0.15, 0.2) is 36.0 Å². The Morgan fingerprint density at radius 3 is 2.57 bits per heavy atom. The number of hydrogen-bond acceptors (Lipinski definition) is 8. The summed E-state index contributed by atoms with van der Waals surface area (Å²) in [5, 5.41) is 16.6. The third-order valence-electron chi connectivity index (χ3n) is 7.45. The number of ether oxygens (including phenoxy) is 3. The summed E-state index contributed by atoms with van der Waals surface area (Å²) in [6.07, 6.45) is 8.04. The third kappa shape index (κ3) is 11.3. The highest BCUT2D eigenvalue weighted by Gasteiger charge is 2.47. The molecular formula is C31H47ClN2O8. The molecule has 2 amide bonds. The van der Waals surface area contributed by atoms with Gasteiger partial charge < -0.3 is 30.0 Å². The summed E-state index contributed by atoms with van der Waals surface area (Å²) in [7, 11) is 0. The number of nitrogens with one attached hydrogen (secondary N) is 2. The molecule has 2 rings (SSSR count). The molecule has 11 heteroatoms. The lowest BCUT2D eigenvalue weighted by atomic mass is 9.85. The number of aliphatic hydroxyl groups is 1. The van der Waals surface area contributed by atoms with Crippen molar-refractivity contribution in [3.8, 4) is 0 Å². The lowest BCUT2D eigenvalue weighted by Crippen LogP contribution is -2.55. The van der Waals surface area contributed by atoms with Crippen LogP contribution in [0.5, 0.6) is 0 Å². The number of rotatable bonds is 13. The van der Waals surface area contributed by atoms with Crippen molar-refractivity contribution in [2.45, 2.75) is 116 Å². The average molecular weight is 611 g/mol. The fourth-order valence-corrected chi connectivity index (χ4v) is 5.29. The fourth-order valence-electron chi connectivity index (χ4n) is 5.05. The molecule has 0 saturated carbocycles. The fraction of sp³-hybridized carbons (Fsp3) is 0.677. The smallest absolute Gasteiger partial charge is 0.303 e. The quantitative estimate of drug-likeness (QED) is 0.125. The number of amides is 2. The molecular weight excluding hydrogens is 564 g/mol. The lowest BCUT2D eigenvalue weighted by molar-refractivity contribution is -0.167. The Bertz CT molecular complexity index is 1040. The summed E-state index contributed by atoms with van der Waals surface area (Å²) in [6, 6.07) is -0.158. The van der Waals surface area contributed by atoms with Crippen LogP contribution in [-0.4, -0.2) is 83.3 Å². The molecule has 2 aliphatic rings. The molecule has 0 radical (unpaired) electrons. The second-order valence-corrected chi connectivity index (χ2v) is 11.7. The second-order valence-electron chi connectivity index (χ2n) is 11.4. The van der Waals surface area contributed by atoms with E-state index in [1.54, 1.807) is 19.1 Å². The van der Waals surface area contributed by atoms with Crippen LogP contribution in [0, 0.1) is 5.92 Å². The highest BCUT2D eigenvalue weighted by molar-refractivity contribution is 6.21. The van der Waals surface area contributed by atoms with Crippen LogP contribution < -0.4 is 10.6 Å². The van der Waals surface area contributed by atoms with Gasteiger partial charge in [-0.3, -0.25) is 19.2 Å². The van der Waals surface area contributed by atoms with Crippen LogP contribution in [-0.2, 0) is 33.4 Å². The normalized spacial score (nSPS) is 31.2. The number of alkyl halides is 1. The van der Waals surface area contributed by atoms with E-state index < -0.39 is 35.7 Å². The summed E-state index contributed by atoms with van der Waals surface area (Å²) in [4.78, 5) is 48.5. The first-order chi connectivity index (χ1) is 19.8. The second kappa shape index (κ2) is 16.9. The Hall–Kier alpha value is -2.53. The van der Waals surface area contributed by atoms with Gasteiger partial charge in [0, 0.05) is 26.0 Å². The van der Waals surface area contributed by atoms with Gasteiger partial charge in [-0.1, -0.05) is 31.6 Å². The average Bonchev–Trinajstić information content (AvgIpc) is 2.92. The highest BCUT2D eigenvalue weighted by Crippen LogP contribution is 2.30. The van der Waals surface area contributed by atoms with E-state index in [0.717, 1.165) is 18.4 Å². The number of allylic oxidation sites excluding steroid dienone is 2. The number of hydrogen-bond donors (Lipinski definition) is 3. The van der Waals surface area contributed by atoms with Crippen molar-refractivity contribution in [2.24, 2.45) is 5.92 Å². The maximum absolute atomic E-state index is 12.9. The van der Waals surface area contributed by atoms with Crippen molar-refractivity contribution in [2.75, 3.05) is 12.4 Å². The first-order valence-corrected chi connectivity index (χ1v) is 15.2. The van der Waals surface area contributed by atoms with Crippen molar-refractivity contribution >= 4 is 35.2 Å². The minimum atomic E-state index is -1.76. The molecule has 2 saturated heterocycles. The Morgan fingerprint density at radius 2 is 1.93 bits per heavy atom. The zero-order chi connectivity index (χ0) is 31.4. The Morgan fingerprint density at radius 1 is 1.21 bits per heavy atom. The van der Waals surface area contributed by atoms with E-state index in [4.69, 9.17) is 25.8 Å². The predicted molar refractivity (Wildman–Crippen MR) is 160 cm³/mol. The van der Waals surface area contributed by atoms with Gasteiger partial charge in [-0.05, 0) is 58.1 Å². The molecule has 0 aromatic rings. The van der Waals surface area contributed by atoms with E-state index in [0.29, 0.717) is 13.0 Å². The number of carbonyl (C=O) groups excluding carboxylic acids is 4. The molecule has 0 aliphatic carbocycles. The van der Waals surface area contributed by atoms with Gasteiger partial charge in [0.15, 0.2) is 5.78 Å². The lowest BCUT2D eigenvalue weighted by Gasteiger charge is -2.39. The number of Topliss-reactive ketones (excluding diaryl/α,β-unsaturated/α-hetero) is 1. The van der Waals surface area contributed by atoms with Crippen LogP contribution in [0.25, 0.3) is 0 Å². The van der Waals surface area contributed by atoms with E-state index in [1.165, 1.54) is 19.1 Å². The molecule has 0 aromatic carbocycles. The molecule has 42 heavy (non-hydrogen) atoms. The van der Waals surface area contributed by atoms with Gasteiger partial charge in [-0.15, -0.1) is 11.6 Å². The molecule has 3 N–H and O–H groups in total. The summed E-state index contributed by atoms with van der Waals surface area (Å²) < 4.78 is 17.1. The van der Waals surface area contributed by atoms with E-state index in [-0.39, 0.29) is 54.7 Å². The van der Waals surface area contributed by atoms with Crippen molar-refractivity contribution < 1.29 is 38.5 Å². The molecule has 0 bridgehead atoms. The molecule has 8 atom stereocenters. The van der Waals surface area contributed by atoms with Crippen LogP contribution in [0.2, 0.25) is 0 Å². The summed E-state index contributed by atoms with van der Waals surface area (Å²) in [5.41, 5.74) is -0.874.